The Labute approximate surface area is 124 Å². The van der Waals surface area contributed by atoms with Gasteiger partial charge in [-0.25, -0.2) is 4.57 Å². The van der Waals surface area contributed by atoms with Gasteiger partial charge in [-0.1, -0.05) is 12.2 Å². The lowest BCUT2D eigenvalue weighted by atomic mass is 10.4. The van der Waals surface area contributed by atoms with E-state index in [-0.39, 0.29) is 19.8 Å². The third kappa shape index (κ3) is 11.7. The molecule has 0 radical (unpaired) electrons. The minimum atomic E-state index is -4.34. The fourth-order valence-corrected chi connectivity index (χ4v) is 1.87. The third-order valence-corrected chi connectivity index (χ3v) is 3.00. The van der Waals surface area contributed by atoms with Gasteiger partial charge >= 0.3 is 7.82 Å². The molecule has 3 atom stereocenters. The third-order valence-electron chi connectivity index (χ3n) is 2.05. The lowest BCUT2D eigenvalue weighted by Crippen LogP contribution is -2.26. The monoisotopic (exact) mass is 326 g/mol. The van der Waals surface area contributed by atoms with E-state index in [0.717, 1.165) is 0 Å². The van der Waals surface area contributed by atoms with Crippen LogP contribution in [-0.2, 0) is 23.1 Å². The Hall–Kier alpha value is -0.570. The number of phosphoric acid groups is 1. The Bertz CT molecular complexity index is 335. The van der Waals surface area contributed by atoms with Gasteiger partial charge in [0.1, 0.15) is 12.2 Å². The van der Waals surface area contributed by atoms with Gasteiger partial charge in [0.05, 0.1) is 39.6 Å². The van der Waals surface area contributed by atoms with Gasteiger partial charge in [-0.15, -0.1) is 13.2 Å². The van der Waals surface area contributed by atoms with Crippen LogP contribution in [0.5, 0.6) is 0 Å². The summed E-state index contributed by atoms with van der Waals surface area (Å²) in [6, 6.07) is 0. The molecule has 0 saturated heterocycles. The van der Waals surface area contributed by atoms with Crippen LogP contribution in [0.1, 0.15) is 0 Å². The Morgan fingerprint density at radius 2 is 1.71 bits per heavy atom. The van der Waals surface area contributed by atoms with Gasteiger partial charge in [-0.2, -0.15) is 0 Å². The number of aliphatic hydroxyl groups excluding tert-OH is 2. The molecule has 0 bridgehead atoms. The van der Waals surface area contributed by atoms with E-state index in [0.29, 0.717) is 6.61 Å². The maximum absolute atomic E-state index is 11.5. The van der Waals surface area contributed by atoms with E-state index >= 15 is 0 Å². The van der Waals surface area contributed by atoms with Crippen LogP contribution in [0.2, 0.25) is 0 Å². The first-order valence-corrected chi connectivity index (χ1v) is 7.76. The van der Waals surface area contributed by atoms with Gasteiger partial charge in [0.15, 0.2) is 0 Å². The van der Waals surface area contributed by atoms with Crippen molar-refractivity contribution in [1.82, 2.24) is 0 Å². The van der Waals surface area contributed by atoms with Gasteiger partial charge in [-0.3, -0.25) is 9.05 Å². The molecule has 0 amide bonds. The molecule has 0 aliphatic carbocycles. The van der Waals surface area contributed by atoms with Crippen molar-refractivity contribution >= 4 is 7.82 Å². The van der Waals surface area contributed by atoms with E-state index in [4.69, 9.17) is 24.2 Å². The summed E-state index contributed by atoms with van der Waals surface area (Å²) < 4.78 is 31.3. The molecule has 0 aromatic carbocycles. The van der Waals surface area contributed by atoms with Crippen molar-refractivity contribution in [1.29, 1.82) is 0 Å². The predicted octanol–water partition coefficient (Wildman–Crippen LogP) is 0.247. The largest absolute Gasteiger partial charge is 0.472 e. The Balaban J connectivity index is 4.19. The molecular weight excluding hydrogens is 303 g/mol. The SMILES string of the molecule is C=CCOCC(COP(=O)(O)OCC(O)CO)OCC=C. The van der Waals surface area contributed by atoms with Crippen molar-refractivity contribution in [3.63, 3.8) is 0 Å². The number of rotatable bonds is 14. The van der Waals surface area contributed by atoms with E-state index in [1.54, 1.807) is 6.08 Å². The van der Waals surface area contributed by atoms with Crippen LogP contribution in [-0.4, -0.2) is 67.0 Å². The molecule has 0 rings (SSSR count). The zero-order valence-electron chi connectivity index (χ0n) is 11.8. The smallest absolute Gasteiger partial charge is 0.394 e. The van der Waals surface area contributed by atoms with Crippen LogP contribution in [0.25, 0.3) is 0 Å². The molecule has 0 aliphatic rings. The molecule has 3 N–H and O–H groups in total. The number of aliphatic hydroxyl groups is 2. The van der Waals surface area contributed by atoms with E-state index < -0.39 is 33.2 Å². The lowest BCUT2D eigenvalue weighted by Gasteiger charge is -2.19. The molecule has 0 saturated carbocycles. The van der Waals surface area contributed by atoms with Gasteiger partial charge in [0, 0.05) is 0 Å². The van der Waals surface area contributed by atoms with E-state index in [2.05, 4.69) is 17.7 Å². The summed E-state index contributed by atoms with van der Waals surface area (Å²) in [7, 11) is -4.34. The fraction of sp³-hybridized carbons (Fsp3) is 0.667. The van der Waals surface area contributed by atoms with Crippen molar-refractivity contribution in [2.45, 2.75) is 12.2 Å². The van der Waals surface area contributed by atoms with Crippen molar-refractivity contribution in [2.75, 3.05) is 39.6 Å². The first-order chi connectivity index (χ1) is 9.95. The first kappa shape index (κ1) is 20.4. The second-order valence-electron chi connectivity index (χ2n) is 3.97. The quantitative estimate of drug-likeness (QED) is 0.236. The average molecular weight is 326 g/mol. The minimum Gasteiger partial charge on any atom is -0.394 e. The highest BCUT2D eigenvalue weighted by atomic mass is 31.2. The predicted molar refractivity (Wildman–Crippen MR) is 75.8 cm³/mol. The first-order valence-electron chi connectivity index (χ1n) is 6.27. The molecule has 8 nitrogen and oxygen atoms in total. The summed E-state index contributed by atoms with van der Waals surface area (Å²) in [5.41, 5.74) is 0. The van der Waals surface area contributed by atoms with Crippen molar-refractivity contribution in [3.8, 4) is 0 Å². The maximum atomic E-state index is 11.5. The molecule has 21 heavy (non-hydrogen) atoms. The molecule has 0 fully saturated rings. The molecule has 124 valence electrons. The fourth-order valence-electron chi connectivity index (χ4n) is 1.08. The van der Waals surface area contributed by atoms with Crippen LogP contribution < -0.4 is 0 Å². The summed E-state index contributed by atoms with van der Waals surface area (Å²) in [6.45, 7) is 6.32. The molecule has 3 unspecified atom stereocenters. The Morgan fingerprint density at radius 1 is 1.10 bits per heavy atom. The van der Waals surface area contributed by atoms with Crippen LogP contribution >= 0.6 is 7.82 Å². The van der Waals surface area contributed by atoms with Crippen molar-refractivity contribution in [3.05, 3.63) is 25.3 Å². The molecular formula is C12H23O8P. The average Bonchev–Trinajstić information content (AvgIpc) is 2.47. The highest BCUT2D eigenvalue weighted by Crippen LogP contribution is 2.43. The Kier molecular flexibility index (Phi) is 11.7. The molecule has 0 aliphatic heterocycles. The lowest BCUT2D eigenvalue weighted by molar-refractivity contribution is -0.0311. The summed E-state index contributed by atoms with van der Waals surface area (Å²) in [6.07, 6.45) is 1.24. The van der Waals surface area contributed by atoms with E-state index in [9.17, 15) is 9.46 Å². The number of hydrogen-bond donors (Lipinski definition) is 3. The molecule has 0 aromatic heterocycles. The summed E-state index contributed by atoms with van der Waals surface area (Å²) >= 11 is 0. The minimum absolute atomic E-state index is 0.138. The standard InChI is InChI=1S/C12H23O8P/c1-3-5-17-9-12(18-6-4-2)10-20-21(15,16)19-8-11(14)7-13/h3-4,11-14H,1-2,5-10H2,(H,15,16). The molecule has 0 aromatic rings. The van der Waals surface area contributed by atoms with E-state index in [1.807, 2.05) is 0 Å². The molecule has 0 heterocycles. The number of phosphoric ester groups is 1. The second kappa shape index (κ2) is 12.0. The van der Waals surface area contributed by atoms with Crippen molar-refractivity contribution < 1.29 is 38.2 Å². The zero-order chi connectivity index (χ0) is 16.1. The molecule has 9 heteroatoms. The topological polar surface area (TPSA) is 115 Å². The van der Waals surface area contributed by atoms with Crippen LogP contribution in [0.4, 0.5) is 0 Å². The summed E-state index contributed by atoms with van der Waals surface area (Å²) in [5, 5.41) is 17.6. The summed E-state index contributed by atoms with van der Waals surface area (Å²) in [5.74, 6) is 0. The normalized spacial score (nSPS) is 16.9. The molecule has 0 spiro atoms. The highest BCUT2D eigenvalue weighted by Gasteiger charge is 2.25. The van der Waals surface area contributed by atoms with E-state index in [1.165, 1.54) is 6.08 Å². The van der Waals surface area contributed by atoms with Crippen LogP contribution in [0.15, 0.2) is 25.3 Å². The van der Waals surface area contributed by atoms with Crippen LogP contribution in [0.3, 0.4) is 0 Å². The van der Waals surface area contributed by atoms with Crippen LogP contribution in [0, 0.1) is 0 Å². The number of ether oxygens (including phenoxy) is 2. The van der Waals surface area contributed by atoms with Gasteiger partial charge in [0.2, 0.25) is 0 Å². The zero-order valence-corrected chi connectivity index (χ0v) is 12.7. The van der Waals surface area contributed by atoms with Gasteiger partial charge in [0.25, 0.3) is 0 Å². The van der Waals surface area contributed by atoms with Crippen molar-refractivity contribution in [2.24, 2.45) is 0 Å². The maximum Gasteiger partial charge on any atom is 0.472 e. The van der Waals surface area contributed by atoms with Gasteiger partial charge in [-0.05, 0) is 0 Å². The second-order valence-corrected chi connectivity index (χ2v) is 5.42. The van der Waals surface area contributed by atoms with Gasteiger partial charge < -0.3 is 24.6 Å². The Morgan fingerprint density at radius 3 is 2.29 bits per heavy atom. The number of hydrogen-bond acceptors (Lipinski definition) is 7. The highest BCUT2D eigenvalue weighted by molar-refractivity contribution is 7.47. The summed E-state index contributed by atoms with van der Waals surface area (Å²) in [4.78, 5) is 9.39.